The van der Waals surface area contributed by atoms with E-state index in [9.17, 15) is 0 Å². The molecule has 0 aliphatic rings. The summed E-state index contributed by atoms with van der Waals surface area (Å²) in [6.45, 7) is 6.25. The van der Waals surface area contributed by atoms with E-state index >= 15 is 0 Å². The molecular weight excluding hydrogens is 208 g/mol. The van der Waals surface area contributed by atoms with E-state index in [0.29, 0.717) is 0 Å². The standard InChI is InChI=1S/C15H16N2/c1-3-5-12(2)13-6-8-14(9-7-13)15-16-10-4-11-17-15/h4,6-11H,2-3,5H2,1H3. The van der Waals surface area contributed by atoms with Crippen LogP contribution >= 0.6 is 0 Å². The van der Waals surface area contributed by atoms with Crippen molar-refractivity contribution in [2.45, 2.75) is 19.8 Å². The molecule has 0 unspecified atom stereocenters. The molecule has 0 saturated carbocycles. The van der Waals surface area contributed by atoms with Crippen molar-refractivity contribution in [3.8, 4) is 11.4 Å². The van der Waals surface area contributed by atoms with Gasteiger partial charge in [-0.15, -0.1) is 0 Å². The van der Waals surface area contributed by atoms with Crippen LogP contribution in [0.1, 0.15) is 25.3 Å². The lowest BCUT2D eigenvalue weighted by Gasteiger charge is -2.05. The van der Waals surface area contributed by atoms with Gasteiger partial charge in [-0.05, 0) is 23.6 Å². The fourth-order valence-electron chi connectivity index (χ4n) is 1.75. The summed E-state index contributed by atoms with van der Waals surface area (Å²) >= 11 is 0. The van der Waals surface area contributed by atoms with Gasteiger partial charge in [-0.25, -0.2) is 9.97 Å². The van der Waals surface area contributed by atoms with Crippen LogP contribution in [0, 0.1) is 0 Å². The van der Waals surface area contributed by atoms with Crippen molar-refractivity contribution in [3.05, 3.63) is 54.9 Å². The predicted molar refractivity (Wildman–Crippen MR) is 71.4 cm³/mol. The van der Waals surface area contributed by atoms with Crippen molar-refractivity contribution in [2.24, 2.45) is 0 Å². The van der Waals surface area contributed by atoms with Gasteiger partial charge in [0.05, 0.1) is 0 Å². The van der Waals surface area contributed by atoms with E-state index in [1.165, 1.54) is 11.1 Å². The SMILES string of the molecule is C=C(CCC)c1ccc(-c2ncccn2)cc1. The van der Waals surface area contributed by atoms with Crippen molar-refractivity contribution in [1.29, 1.82) is 0 Å². The molecule has 2 aromatic rings. The summed E-state index contributed by atoms with van der Waals surface area (Å²) < 4.78 is 0. The van der Waals surface area contributed by atoms with Gasteiger partial charge < -0.3 is 0 Å². The van der Waals surface area contributed by atoms with Gasteiger partial charge in [-0.3, -0.25) is 0 Å². The first-order chi connectivity index (χ1) is 8.31. The number of rotatable bonds is 4. The lowest BCUT2D eigenvalue weighted by Crippen LogP contribution is -1.88. The van der Waals surface area contributed by atoms with Crippen LogP contribution < -0.4 is 0 Å². The van der Waals surface area contributed by atoms with E-state index < -0.39 is 0 Å². The maximum atomic E-state index is 4.23. The van der Waals surface area contributed by atoms with E-state index in [-0.39, 0.29) is 0 Å². The molecule has 0 N–H and O–H groups in total. The van der Waals surface area contributed by atoms with E-state index in [2.05, 4.69) is 35.6 Å². The van der Waals surface area contributed by atoms with Gasteiger partial charge in [0.25, 0.3) is 0 Å². The molecule has 1 aromatic heterocycles. The Morgan fingerprint density at radius 2 is 1.76 bits per heavy atom. The smallest absolute Gasteiger partial charge is 0.159 e. The Morgan fingerprint density at radius 1 is 1.12 bits per heavy atom. The van der Waals surface area contributed by atoms with E-state index in [0.717, 1.165) is 24.2 Å². The van der Waals surface area contributed by atoms with Crippen LogP contribution in [-0.2, 0) is 0 Å². The van der Waals surface area contributed by atoms with E-state index in [4.69, 9.17) is 0 Å². The van der Waals surface area contributed by atoms with Gasteiger partial charge in [-0.2, -0.15) is 0 Å². The summed E-state index contributed by atoms with van der Waals surface area (Å²) in [6.07, 6.45) is 5.68. The first-order valence-corrected chi connectivity index (χ1v) is 5.87. The zero-order valence-corrected chi connectivity index (χ0v) is 10.1. The average Bonchev–Trinajstić information content (AvgIpc) is 2.40. The monoisotopic (exact) mass is 224 g/mol. The summed E-state index contributed by atoms with van der Waals surface area (Å²) in [6, 6.07) is 10.1. The highest BCUT2D eigenvalue weighted by Gasteiger charge is 2.01. The number of allylic oxidation sites excluding steroid dienone is 1. The molecule has 0 saturated heterocycles. The molecule has 0 fully saturated rings. The third-order valence-electron chi connectivity index (χ3n) is 2.67. The number of benzene rings is 1. The molecule has 2 heteroatoms. The van der Waals surface area contributed by atoms with Gasteiger partial charge in [0.15, 0.2) is 5.82 Å². The highest BCUT2D eigenvalue weighted by atomic mass is 14.8. The average molecular weight is 224 g/mol. The van der Waals surface area contributed by atoms with Crippen LogP contribution in [-0.4, -0.2) is 9.97 Å². The van der Waals surface area contributed by atoms with Crippen molar-refractivity contribution in [1.82, 2.24) is 9.97 Å². The van der Waals surface area contributed by atoms with Gasteiger partial charge in [0.1, 0.15) is 0 Å². The van der Waals surface area contributed by atoms with Crippen LogP contribution in [0.5, 0.6) is 0 Å². The number of aromatic nitrogens is 2. The summed E-state index contributed by atoms with van der Waals surface area (Å²) in [4.78, 5) is 8.45. The van der Waals surface area contributed by atoms with Crippen LogP contribution in [0.15, 0.2) is 49.3 Å². The molecule has 0 aliphatic heterocycles. The van der Waals surface area contributed by atoms with E-state index in [1.54, 1.807) is 12.4 Å². The largest absolute Gasteiger partial charge is 0.237 e. The molecule has 0 bridgehead atoms. The zero-order chi connectivity index (χ0) is 12.1. The lowest BCUT2D eigenvalue weighted by molar-refractivity contribution is 0.975. The maximum Gasteiger partial charge on any atom is 0.159 e. The Kier molecular flexibility index (Phi) is 3.66. The highest BCUT2D eigenvalue weighted by molar-refractivity contribution is 5.66. The molecule has 2 nitrogen and oxygen atoms in total. The van der Waals surface area contributed by atoms with Crippen molar-refractivity contribution in [2.75, 3.05) is 0 Å². The Bertz CT molecular complexity index is 486. The normalized spacial score (nSPS) is 10.2. The highest BCUT2D eigenvalue weighted by Crippen LogP contribution is 2.21. The Morgan fingerprint density at radius 3 is 2.35 bits per heavy atom. The number of nitrogens with zero attached hydrogens (tertiary/aromatic N) is 2. The Balaban J connectivity index is 2.22. The number of hydrogen-bond acceptors (Lipinski definition) is 2. The maximum absolute atomic E-state index is 4.23. The lowest BCUT2D eigenvalue weighted by atomic mass is 10.0. The molecule has 17 heavy (non-hydrogen) atoms. The second-order valence-corrected chi connectivity index (χ2v) is 4.00. The Hall–Kier alpha value is -1.96. The summed E-state index contributed by atoms with van der Waals surface area (Å²) in [5, 5.41) is 0. The van der Waals surface area contributed by atoms with Crippen molar-refractivity contribution < 1.29 is 0 Å². The molecule has 2 rings (SSSR count). The fourth-order valence-corrected chi connectivity index (χ4v) is 1.75. The summed E-state index contributed by atoms with van der Waals surface area (Å²) in [7, 11) is 0. The first kappa shape index (κ1) is 11.5. The second kappa shape index (κ2) is 5.39. The van der Waals surface area contributed by atoms with Gasteiger partial charge in [0.2, 0.25) is 0 Å². The first-order valence-electron chi connectivity index (χ1n) is 5.87. The van der Waals surface area contributed by atoms with Gasteiger partial charge in [0, 0.05) is 18.0 Å². The van der Waals surface area contributed by atoms with Gasteiger partial charge in [-0.1, -0.05) is 44.2 Å². The van der Waals surface area contributed by atoms with Crippen LogP contribution in [0.25, 0.3) is 17.0 Å². The van der Waals surface area contributed by atoms with Gasteiger partial charge >= 0.3 is 0 Å². The van der Waals surface area contributed by atoms with Crippen molar-refractivity contribution in [3.63, 3.8) is 0 Å². The predicted octanol–water partition coefficient (Wildman–Crippen LogP) is 3.96. The molecular formula is C15H16N2. The third-order valence-corrected chi connectivity index (χ3v) is 2.67. The van der Waals surface area contributed by atoms with Crippen LogP contribution in [0.4, 0.5) is 0 Å². The van der Waals surface area contributed by atoms with E-state index in [1.807, 2.05) is 18.2 Å². The Labute approximate surface area is 102 Å². The molecule has 86 valence electrons. The second-order valence-electron chi connectivity index (χ2n) is 4.00. The fraction of sp³-hybridized carbons (Fsp3) is 0.200. The van der Waals surface area contributed by atoms with Crippen LogP contribution in [0.3, 0.4) is 0 Å². The zero-order valence-electron chi connectivity index (χ0n) is 10.1. The molecule has 1 heterocycles. The summed E-state index contributed by atoms with van der Waals surface area (Å²) in [5.74, 6) is 0.764. The van der Waals surface area contributed by atoms with Crippen molar-refractivity contribution >= 4 is 5.57 Å². The minimum atomic E-state index is 0.764. The minimum absolute atomic E-state index is 0.764. The number of hydrogen-bond donors (Lipinski definition) is 0. The summed E-state index contributed by atoms with van der Waals surface area (Å²) in [5.41, 5.74) is 3.43. The molecule has 1 aromatic carbocycles. The topological polar surface area (TPSA) is 25.8 Å². The molecule has 0 atom stereocenters. The molecule has 0 spiro atoms. The minimum Gasteiger partial charge on any atom is -0.237 e. The quantitative estimate of drug-likeness (QED) is 0.785. The molecule has 0 radical (unpaired) electrons. The third kappa shape index (κ3) is 2.78. The molecule has 0 amide bonds. The molecule has 0 aliphatic carbocycles. The van der Waals surface area contributed by atoms with Crippen LogP contribution in [0.2, 0.25) is 0 Å².